The fourth-order valence-corrected chi connectivity index (χ4v) is 11.7. The number of hydrogen-bond donors (Lipinski definition) is 2. The summed E-state index contributed by atoms with van der Waals surface area (Å²) in [5.41, 5.74) is -0.868. The maximum absolute atomic E-state index is 15.1. The van der Waals surface area contributed by atoms with Crippen LogP contribution in [0.1, 0.15) is 158 Å². The van der Waals surface area contributed by atoms with Gasteiger partial charge in [0.05, 0.1) is 12.1 Å². The van der Waals surface area contributed by atoms with E-state index in [2.05, 4.69) is 36.3 Å². The van der Waals surface area contributed by atoms with E-state index in [9.17, 15) is 24.0 Å². The average Bonchev–Trinajstić information content (AvgIpc) is 3.79. The summed E-state index contributed by atoms with van der Waals surface area (Å²) in [5.74, 6) is -2.04. The lowest BCUT2D eigenvalue weighted by atomic mass is 9.73. The number of ketones is 3. The highest BCUT2D eigenvalue weighted by molar-refractivity contribution is 6.38. The van der Waals surface area contributed by atoms with Gasteiger partial charge in [0.2, 0.25) is 23.5 Å². The maximum atomic E-state index is 15.1. The summed E-state index contributed by atoms with van der Waals surface area (Å²) in [6, 6.07) is -2.65. The molecule has 0 bridgehead atoms. The van der Waals surface area contributed by atoms with Crippen molar-refractivity contribution in [3.8, 4) is 0 Å². The van der Waals surface area contributed by atoms with E-state index in [0.717, 1.165) is 90.1 Å². The van der Waals surface area contributed by atoms with Gasteiger partial charge < -0.3 is 15.5 Å². The van der Waals surface area contributed by atoms with E-state index in [1.54, 1.807) is 4.90 Å². The molecule has 6 fully saturated rings. The van der Waals surface area contributed by atoms with E-state index in [4.69, 9.17) is 0 Å². The van der Waals surface area contributed by atoms with Gasteiger partial charge in [0.1, 0.15) is 12.1 Å². The Morgan fingerprint density at radius 2 is 1.50 bits per heavy atom. The van der Waals surface area contributed by atoms with Crippen molar-refractivity contribution in [3.63, 3.8) is 0 Å². The van der Waals surface area contributed by atoms with Crippen molar-refractivity contribution in [3.05, 3.63) is 0 Å². The van der Waals surface area contributed by atoms with Gasteiger partial charge in [-0.2, -0.15) is 0 Å². The molecule has 10 heteroatoms. The Morgan fingerprint density at radius 3 is 2.06 bits per heavy atom. The first-order chi connectivity index (χ1) is 25.5. The highest BCUT2D eigenvalue weighted by Crippen LogP contribution is 2.88. The third kappa shape index (κ3) is 7.47. The molecule has 6 aliphatic rings. The monoisotopic (exact) mass is 751 g/mol. The van der Waals surface area contributed by atoms with Crippen LogP contribution >= 0.6 is 0 Å². The number of carbonyl (C=O) groups excluding carboxylic acids is 6. The minimum atomic E-state index is -0.926. The molecule has 2 N–H and O–H groups in total. The molecule has 0 aromatic heterocycles. The maximum Gasteiger partial charge on any atom is 0.246 e. The summed E-state index contributed by atoms with van der Waals surface area (Å²) < 4.78 is 0. The highest BCUT2D eigenvalue weighted by Gasteiger charge is 2.85. The molecule has 4 aliphatic carbocycles. The number of rotatable bonds is 16. The number of amides is 3. The first-order valence-electron chi connectivity index (χ1n) is 21.8. The van der Waals surface area contributed by atoms with Crippen LogP contribution < -0.4 is 10.6 Å². The number of Topliss-reactive ketones (excluding diaryl/α,β-unsaturated/α-hetero) is 3. The van der Waals surface area contributed by atoms with Crippen molar-refractivity contribution in [1.82, 2.24) is 20.4 Å². The zero-order chi connectivity index (χ0) is 39.2. The van der Waals surface area contributed by atoms with Crippen molar-refractivity contribution in [2.45, 2.75) is 182 Å². The van der Waals surface area contributed by atoms with Gasteiger partial charge in [0.25, 0.3) is 0 Å². The van der Waals surface area contributed by atoms with E-state index in [0.29, 0.717) is 31.7 Å². The molecule has 1 unspecified atom stereocenters. The van der Waals surface area contributed by atoms with E-state index < -0.39 is 35.2 Å². The Labute approximate surface area is 324 Å². The minimum absolute atomic E-state index is 0.0133. The number of carbonyl (C=O) groups is 6. The molecule has 2 saturated heterocycles. The molecule has 2 heterocycles. The first kappa shape index (κ1) is 41.0. The molecule has 0 radical (unpaired) electrons. The Kier molecular flexibility index (Phi) is 11.9. The van der Waals surface area contributed by atoms with E-state index in [-0.39, 0.29) is 70.3 Å². The number of fused-ring (bicyclic) bond motifs is 1. The van der Waals surface area contributed by atoms with Crippen LogP contribution in [-0.4, -0.2) is 88.7 Å². The van der Waals surface area contributed by atoms with E-state index in [1.165, 1.54) is 0 Å². The van der Waals surface area contributed by atoms with Gasteiger partial charge >= 0.3 is 0 Å². The molecule has 4 saturated carbocycles. The van der Waals surface area contributed by atoms with Gasteiger partial charge in [-0.15, -0.1) is 0 Å². The van der Waals surface area contributed by atoms with Crippen LogP contribution in [0.3, 0.4) is 0 Å². The highest BCUT2D eigenvalue weighted by atomic mass is 16.2. The predicted molar refractivity (Wildman–Crippen MR) is 208 cm³/mol. The second-order valence-electron chi connectivity index (χ2n) is 19.9. The molecule has 6 rings (SSSR count). The molecule has 54 heavy (non-hydrogen) atoms. The smallest absolute Gasteiger partial charge is 0.246 e. The van der Waals surface area contributed by atoms with Crippen molar-refractivity contribution < 1.29 is 28.8 Å². The Balaban J connectivity index is 1.25. The SMILES string of the molecule is CCC[C@H](CC(=O)C1C[C@@]2(CN1C(=O)[C@@H](NC(=O)[C@@H](NC(=O)[C@H]1CCCN1CC)C1CCCCC1)C(C)(C)C)C(C)(C)C21CCC1)C(=O)C(=O)CC1CC1. The van der Waals surface area contributed by atoms with Crippen molar-refractivity contribution in [2.75, 3.05) is 19.6 Å². The number of nitrogens with zero attached hydrogens (tertiary/aromatic N) is 2. The number of hydrogen-bond acceptors (Lipinski definition) is 7. The van der Waals surface area contributed by atoms with Crippen LogP contribution in [0.25, 0.3) is 0 Å². The standard InChI is InChI=1S/C44H70N4O6/c1-8-15-30(36(51)34(50)24-28-19-20-28)25-33(49)32-26-44(42(6,7)43(44)21-14-22-43)27-48(32)40(54)37(41(3,4)5)46-39(53)35(29-16-11-10-12-17-29)45-38(52)31-18-13-23-47(31)9-2/h28-32,35,37H,8-27H2,1-7H3,(H,45,52)(H,46,53)/t30-,31-,32?,35+,37-,44-/m1/s1. The molecule has 302 valence electrons. The summed E-state index contributed by atoms with van der Waals surface area (Å²) in [7, 11) is 0. The molecular formula is C44H70N4O6. The zero-order valence-electron chi connectivity index (χ0n) is 34.5. The molecule has 2 aliphatic heterocycles. The van der Waals surface area contributed by atoms with Gasteiger partial charge in [-0.3, -0.25) is 33.7 Å². The first-order valence-corrected chi connectivity index (χ1v) is 21.8. The number of nitrogens with one attached hydrogen (secondary N) is 2. The molecule has 0 aromatic rings. The van der Waals surface area contributed by atoms with Crippen molar-refractivity contribution >= 4 is 35.1 Å². The van der Waals surface area contributed by atoms with Crippen LogP contribution in [0.5, 0.6) is 0 Å². The van der Waals surface area contributed by atoms with E-state index >= 15 is 4.79 Å². The molecular weight excluding hydrogens is 681 g/mol. The summed E-state index contributed by atoms with van der Waals surface area (Å²) in [6.07, 6.45) is 13.7. The largest absolute Gasteiger partial charge is 0.343 e. The number of likely N-dealkylation sites (N-methyl/N-ethyl adjacent to an activating group) is 1. The topological polar surface area (TPSA) is 133 Å². The molecule has 3 amide bonds. The summed E-state index contributed by atoms with van der Waals surface area (Å²) in [5, 5.41) is 6.36. The molecule has 10 nitrogen and oxygen atoms in total. The van der Waals surface area contributed by atoms with Crippen molar-refractivity contribution in [2.24, 2.45) is 39.4 Å². The van der Waals surface area contributed by atoms with Gasteiger partial charge in [-0.1, -0.05) is 80.6 Å². The quantitative estimate of drug-likeness (QED) is 0.180. The second-order valence-corrected chi connectivity index (χ2v) is 19.9. The van der Waals surface area contributed by atoms with E-state index in [1.807, 2.05) is 27.7 Å². The zero-order valence-corrected chi connectivity index (χ0v) is 34.5. The predicted octanol–water partition coefficient (Wildman–Crippen LogP) is 6.18. The van der Waals surface area contributed by atoms with Gasteiger partial charge in [0, 0.05) is 30.7 Å². The average molecular weight is 751 g/mol. The molecule has 2 spiro atoms. The summed E-state index contributed by atoms with van der Waals surface area (Å²) >= 11 is 0. The lowest BCUT2D eigenvalue weighted by molar-refractivity contribution is -0.145. The van der Waals surface area contributed by atoms with Crippen LogP contribution in [0.2, 0.25) is 0 Å². The molecule has 0 aromatic carbocycles. The lowest BCUT2D eigenvalue weighted by Crippen LogP contribution is -2.62. The Bertz CT molecular complexity index is 1470. The Hall–Kier alpha value is -2.62. The second kappa shape index (κ2) is 15.7. The summed E-state index contributed by atoms with van der Waals surface area (Å²) in [6.45, 7) is 16.5. The van der Waals surface area contributed by atoms with Crippen LogP contribution in [0.15, 0.2) is 0 Å². The van der Waals surface area contributed by atoms with Crippen LogP contribution in [-0.2, 0) is 28.8 Å². The van der Waals surface area contributed by atoms with Gasteiger partial charge in [-0.25, -0.2) is 0 Å². The van der Waals surface area contributed by atoms with Gasteiger partial charge in [0.15, 0.2) is 11.6 Å². The van der Waals surface area contributed by atoms with Gasteiger partial charge in [-0.05, 0) is 105 Å². The molecule has 6 atom stereocenters. The fraction of sp³-hybridized carbons (Fsp3) is 0.864. The normalized spacial score (nSPS) is 29.4. The lowest BCUT2D eigenvalue weighted by Gasteiger charge is -2.38. The number of likely N-dealkylation sites (tertiary alicyclic amines) is 2. The summed E-state index contributed by atoms with van der Waals surface area (Å²) in [4.78, 5) is 88.3. The Morgan fingerprint density at radius 1 is 0.815 bits per heavy atom. The van der Waals surface area contributed by atoms with Crippen LogP contribution in [0.4, 0.5) is 0 Å². The minimum Gasteiger partial charge on any atom is -0.343 e. The van der Waals surface area contributed by atoms with Crippen LogP contribution in [0, 0.1) is 39.4 Å². The third-order valence-electron chi connectivity index (χ3n) is 15.5. The van der Waals surface area contributed by atoms with Crippen molar-refractivity contribution in [1.29, 1.82) is 0 Å². The fourth-order valence-electron chi connectivity index (χ4n) is 11.7. The third-order valence-corrected chi connectivity index (χ3v) is 15.5.